The van der Waals surface area contributed by atoms with E-state index in [-0.39, 0.29) is 11.3 Å². The summed E-state index contributed by atoms with van der Waals surface area (Å²) < 4.78 is 0. The van der Waals surface area contributed by atoms with Gasteiger partial charge in [-0.15, -0.1) is 0 Å². The summed E-state index contributed by atoms with van der Waals surface area (Å²) in [4.78, 5) is 14.6. The van der Waals surface area contributed by atoms with Crippen LogP contribution in [0.3, 0.4) is 0 Å². The van der Waals surface area contributed by atoms with Crippen molar-refractivity contribution in [1.82, 2.24) is 5.32 Å². The quantitative estimate of drug-likeness (QED) is 0.736. The van der Waals surface area contributed by atoms with Gasteiger partial charge in [0.25, 0.3) is 0 Å². The molecule has 0 saturated carbocycles. The molecular weight excluding hydrogens is 332 g/mol. The van der Waals surface area contributed by atoms with E-state index in [1.165, 1.54) is 16.3 Å². The van der Waals surface area contributed by atoms with Crippen molar-refractivity contribution >= 4 is 28.4 Å². The Labute approximate surface area is 159 Å². The van der Waals surface area contributed by atoms with Crippen LogP contribution >= 0.6 is 0 Å². The summed E-state index contributed by atoms with van der Waals surface area (Å²) >= 11 is 0. The number of carbonyl (C=O) groups is 1. The molecule has 2 aliphatic rings. The molecule has 3 nitrogen and oxygen atoms in total. The van der Waals surface area contributed by atoms with Crippen LogP contribution in [0.2, 0.25) is 0 Å². The maximum atomic E-state index is 12.4. The van der Waals surface area contributed by atoms with Crippen molar-refractivity contribution in [1.29, 1.82) is 0 Å². The number of fused-ring (bicyclic) bond motifs is 4. The van der Waals surface area contributed by atoms with Crippen molar-refractivity contribution in [3.8, 4) is 0 Å². The van der Waals surface area contributed by atoms with Gasteiger partial charge >= 0.3 is 0 Å². The minimum atomic E-state index is -0.551. The number of hydrogen-bond acceptors (Lipinski definition) is 2. The number of para-hydroxylation sites is 1. The molecule has 5 rings (SSSR count). The lowest BCUT2D eigenvalue weighted by Gasteiger charge is -2.40. The lowest BCUT2D eigenvalue weighted by atomic mass is 9.75. The van der Waals surface area contributed by atoms with E-state index in [0.29, 0.717) is 6.54 Å². The van der Waals surface area contributed by atoms with Crippen LogP contribution in [-0.2, 0) is 10.2 Å². The average Bonchev–Trinajstić information content (AvgIpc) is 3.11. The standard InChI is InChI=1S/C24H22N2O/c1-23(2)20-12-5-6-13-21(20)26-16-22(27)25-24(23,26)15-14-18-10-7-9-17-8-3-4-11-19(17)18/h3-15H,16H2,1-2H3,(H,25,27)/b15-14+/t24-/m1/s1. The third-order valence-corrected chi connectivity index (χ3v) is 6.21. The Hall–Kier alpha value is -3.07. The van der Waals surface area contributed by atoms with Crippen LogP contribution in [0.5, 0.6) is 0 Å². The molecule has 2 aliphatic heterocycles. The van der Waals surface area contributed by atoms with E-state index in [4.69, 9.17) is 0 Å². The van der Waals surface area contributed by atoms with Crippen LogP contribution in [0.1, 0.15) is 25.0 Å². The zero-order valence-electron chi connectivity index (χ0n) is 15.6. The molecule has 1 amide bonds. The number of nitrogens with zero attached hydrogens (tertiary/aromatic N) is 1. The number of amides is 1. The van der Waals surface area contributed by atoms with Crippen molar-refractivity contribution in [2.75, 3.05) is 11.4 Å². The molecular formula is C24H22N2O. The third-order valence-electron chi connectivity index (χ3n) is 6.21. The van der Waals surface area contributed by atoms with Crippen molar-refractivity contribution in [2.24, 2.45) is 0 Å². The predicted octanol–water partition coefficient (Wildman–Crippen LogP) is 4.48. The van der Waals surface area contributed by atoms with Crippen molar-refractivity contribution in [2.45, 2.75) is 24.9 Å². The van der Waals surface area contributed by atoms with Gasteiger partial charge in [0.1, 0.15) is 5.66 Å². The molecule has 0 aromatic heterocycles. The Kier molecular flexibility index (Phi) is 3.26. The Morgan fingerprint density at radius 3 is 2.59 bits per heavy atom. The summed E-state index contributed by atoms with van der Waals surface area (Å²) in [6, 6.07) is 23.2. The van der Waals surface area contributed by atoms with Crippen molar-refractivity contribution in [3.63, 3.8) is 0 Å². The maximum absolute atomic E-state index is 12.4. The molecule has 134 valence electrons. The minimum Gasteiger partial charge on any atom is -0.335 e. The molecule has 3 aromatic rings. The summed E-state index contributed by atoms with van der Waals surface area (Å²) in [6.07, 6.45) is 4.34. The zero-order valence-corrected chi connectivity index (χ0v) is 15.6. The fourth-order valence-corrected chi connectivity index (χ4v) is 4.75. The summed E-state index contributed by atoms with van der Waals surface area (Å²) in [5.74, 6) is 0.0696. The molecule has 0 radical (unpaired) electrons. The molecule has 0 aliphatic carbocycles. The van der Waals surface area contributed by atoms with Crippen LogP contribution in [-0.4, -0.2) is 18.1 Å². The Morgan fingerprint density at radius 1 is 0.963 bits per heavy atom. The molecule has 3 heteroatoms. The summed E-state index contributed by atoms with van der Waals surface area (Å²) in [5.41, 5.74) is 2.79. The number of carbonyl (C=O) groups excluding carboxylic acids is 1. The summed E-state index contributed by atoms with van der Waals surface area (Å²) in [6.45, 7) is 4.82. The second kappa shape index (κ2) is 5.46. The lowest BCUT2D eigenvalue weighted by Crippen LogP contribution is -2.58. The predicted molar refractivity (Wildman–Crippen MR) is 111 cm³/mol. The van der Waals surface area contributed by atoms with E-state index >= 15 is 0 Å². The van der Waals surface area contributed by atoms with Gasteiger partial charge in [0.05, 0.1) is 6.54 Å². The van der Waals surface area contributed by atoms with Gasteiger partial charge in [0.15, 0.2) is 0 Å². The molecule has 0 unspecified atom stereocenters. The Morgan fingerprint density at radius 2 is 1.70 bits per heavy atom. The first kappa shape index (κ1) is 16.1. The number of benzene rings is 3. The highest BCUT2D eigenvalue weighted by Crippen LogP contribution is 2.52. The van der Waals surface area contributed by atoms with Crippen LogP contribution < -0.4 is 10.2 Å². The fraction of sp³-hybridized carbons (Fsp3) is 0.208. The average molecular weight is 354 g/mol. The largest absolute Gasteiger partial charge is 0.335 e. The second-order valence-electron chi connectivity index (χ2n) is 7.94. The SMILES string of the molecule is CC1(C)c2ccccc2N2CC(=O)N[C@]21/C=C/c1cccc2ccccc12. The molecule has 1 saturated heterocycles. The Bertz CT molecular complexity index is 1090. The van der Waals surface area contributed by atoms with E-state index in [2.05, 4.69) is 96.9 Å². The van der Waals surface area contributed by atoms with Gasteiger partial charge in [-0.3, -0.25) is 4.79 Å². The Balaban J connectivity index is 1.67. The molecule has 1 atom stereocenters. The van der Waals surface area contributed by atoms with E-state index in [1.807, 2.05) is 6.07 Å². The van der Waals surface area contributed by atoms with E-state index in [1.54, 1.807) is 0 Å². The van der Waals surface area contributed by atoms with Crippen LogP contribution in [0, 0.1) is 0 Å². The molecule has 3 aromatic carbocycles. The molecule has 1 fully saturated rings. The van der Waals surface area contributed by atoms with Crippen LogP contribution in [0.4, 0.5) is 5.69 Å². The highest BCUT2D eigenvalue weighted by molar-refractivity contribution is 5.93. The zero-order chi connectivity index (χ0) is 18.6. The highest BCUT2D eigenvalue weighted by atomic mass is 16.2. The monoisotopic (exact) mass is 354 g/mol. The number of anilines is 1. The molecule has 27 heavy (non-hydrogen) atoms. The third kappa shape index (κ3) is 2.11. The van der Waals surface area contributed by atoms with Gasteiger partial charge < -0.3 is 10.2 Å². The van der Waals surface area contributed by atoms with Gasteiger partial charge in [0.2, 0.25) is 5.91 Å². The van der Waals surface area contributed by atoms with Crippen molar-refractivity contribution in [3.05, 3.63) is 83.9 Å². The molecule has 0 bridgehead atoms. The molecule has 2 heterocycles. The first-order chi connectivity index (χ1) is 13.0. The van der Waals surface area contributed by atoms with E-state index < -0.39 is 5.66 Å². The van der Waals surface area contributed by atoms with Gasteiger partial charge in [-0.2, -0.15) is 0 Å². The second-order valence-corrected chi connectivity index (χ2v) is 7.94. The van der Waals surface area contributed by atoms with E-state index in [0.717, 1.165) is 11.3 Å². The lowest BCUT2D eigenvalue weighted by molar-refractivity contribution is -0.118. The van der Waals surface area contributed by atoms with Gasteiger partial charge in [0, 0.05) is 11.1 Å². The highest BCUT2D eigenvalue weighted by Gasteiger charge is 2.59. The fourth-order valence-electron chi connectivity index (χ4n) is 4.75. The number of nitrogens with one attached hydrogen (secondary N) is 1. The van der Waals surface area contributed by atoms with Crippen LogP contribution in [0.15, 0.2) is 72.8 Å². The van der Waals surface area contributed by atoms with Gasteiger partial charge in [-0.05, 0) is 34.0 Å². The first-order valence-electron chi connectivity index (χ1n) is 9.38. The molecule has 0 spiro atoms. The normalized spacial score (nSPS) is 22.9. The van der Waals surface area contributed by atoms with E-state index in [9.17, 15) is 4.79 Å². The number of rotatable bonds is 2. The van der Waals surface area contributed by atoms with Crippen LogP contribution in [0.25, 0.3) is 16.8 Å². The topological polar surface area (TPSA) is 32.3 Å². The number of hydrogen-bond donors (Lipinski definition) is 1. The van der Waals surface area contributed by atoms with Crippen molar-refractivity contribution < 1.29 is 4.79 Å². The smallest absolute Gasteiger partial charge is 0.241 e. The molecule has 1 N–H and O–H groups in total. The van der Waals surface area contributed by atoms with Gasteiger partial charge in [-0.1, -0.05) is 80.6 Å². The minimum absolute atomic E-state index is 0.0696. The summed E-state index contributed by atoms with van der Waals surface area (Å²) in [5, 5.41) is 5.73. The first-order valence-corrected chi connectivity index (χ1v) is 9.38. The summed E-state index contributed by atoms with van der Waals surface area (Å²) in [7, 11) is 0. The van der Waals surface area contributed by atoms with Gasteiger partial charge in [-0.25, -0.2) is 0 Å². The maximum Gasteiger partial charge on any atom is 0.241 e.